The minimum atomic E-state index is 0.0318. The Labute approximate surface area is 91.1 Å². The highest BCUT2D eigenvalue weighted by atomic mass is 14.9. The predicted octanol–water partition coefficient (Wildman–Crippen LogP) is 3.29. The summed E-state index contributed by atoms with van der Waals surface area (Å²) < 4.78 is 0. The van der Waals surface area contributed by atoms with E-state index in [4.69, 9.17) is 0 Å². The van der Waals surface area contributed by atoms with Crippen molar-refractivity contribution in [2.75, 3.05) is 7.05 Å². The van der Waals surface area contributed by atoms with Gasteiger partial charge in [-0.15, -0.1) is 0 Å². The minimum Gasteiger partial charge on any atom is -0.311 e. The molecule has 0 saturated carbocycles. The highest BCUT2D eigenvalue weighted by Crippen LogP contribution is 2.23. The van der Waals surface area contributed by atoms with E-state index in [0.29, 0.717) is 0 Å². The molecule has 0 spiro atoms. The van der Waals surface area contributed by atoms with Crippen molar-refractivity contribution >= 4 is 10.8 Å². The third kappa shape index (κ3) is 1.88. The third-order valence-corrected chi connectivity index (χ3v) is 3.10. The first kappa shape index (κ1) is 10.2. The van der Waals surface area contributed by atoms with Gasteiger partial charge in [-0.1, -0.05) is 36.4 Å². The fourth-order valence-electron chi connectivity index (χ4n) is 1.72. The van der Waals surface area contributed by atoms with Crippen molar-refractivity contribution in [2.24, 2.45) is 0 Å². The second kappa shape index (κ2) is 3.67. The molecule has 0 aromatic heterocycles. The maximum Gasteiger partial charge on any atom is 0.0375 e. The van der Waals surface area contributed by atoms with Crippen LogP contribution in [0.3, 0.4) is 0 Å². The molecule has 0 amide bonds. The van der Waals surface area contributed by atoms with Crippen LogP contribution in [0.2, 0.25) is 0 Å². The minimum absolute atomic E-state index is 0.0318. The van der Waals surface area contributed by atoms with Gasteiger partial charge in [-0.3, -0.25) is 0 Å². The average molecular weight is 199 g/mol. The molecule has 0 heterocycles. The molecule has 0 bridgehead atoms. The molecule has 1 N–H and O–H groups in total. The van der Waals surface area contributed by atoms with Crippen molar-refractivity contribution in [1.82, 2.24) is 5.32 Å². The summed E-state index contributed by atoms with van der Waals surface area (Å²) in [6, 6.07) is 15.1. The van der Waals surface area contributed by atoms with Crippen LogP contribution in [-0.2, 0) is 5.54 Å². The van der Waals surface area contributed by atoms with Crippen LogP contribution in [0.1, 0.15) is 19.4 Å². The van der Waals surface area contributed by atoms with Crippen molar-refractivity contribution in [3.05, 3.63) is 48.0 Å². The first-order valence-corrected chi connectivity index (χ1v) is 5.32. The zero-order chi connectivity index (χ0) is 10.9. The lowest BCUT2D eigenvalue weighted by molar-refractivity contribution is 0.445. The average Bonchev–Trinajstić information content (AvgIpc) is 2.28. The maximum absolute atomic E-state index is 3.32. The SMILES string of the molecule is CNC(C)(C)c1ccc2ccccc2c1. The molecule has 0 saturated heterocycles. The topological polar surface area (TPSA) is 12.0 Å². The van der Waals surface area contributed by atoms with Gasteiger partial charge in [-0.05, 0) is 43.3 Å². The predicted molar refractivity (Wildman–Crippen MR) is 66.0 cm³/mol. The number of rotatable bonds is 2. The molecule has 0 unspecified atom stereocenters. The molecule has 0 fully saturated rings. The van der Waals surface area contributed by atoms with E-state index in [1.807, 2.05) is 7.05 Å². The van der Waals surface area contributed by atoms with E-state index >= 15 is 0 Å². The molecule has 0 aliphatic heterocycles. The van der Waals surface area contributed by atoms with Gasteiger partial charge in [-0.25, -0.2) is 0 Å². The first-order chi connectivity index (χ1) is 7.13. The Morgan fingerprint density at radius 1 is 0.933 bits per heavy atom. The molecule has 0 aliphatic carbocycles. The zero-order valence-corrected chi connectivity index (χ0v) is 9.54. The van der Waals surface area contributed by atoms with E-state index in [-0.39, 0.29) is 5.54 Å². The van der Waals surface area contributed by atoms with Gasteiger partial charge in [-0.2, -0.15) is 0 Å². The maximum atomic E-state index is 3.32. The quantitative estimate of drug-likeness (QED) is 0.782. The Hall–Kier alpha value is -1.34. The highest BCUT2D eigenvalue weighted by molar-refractivity contribution is 5.83. The Bertz CT molecular complexity index is 471. The van der Waals surface area contributed by atoms with Gasteiger partial charge in [0.05, 0.1) is 0 Å². The summed E-state index contributed by atoms with van der Waals surface area (Å²) in [4.78, 5) is 0. The second-order valence-corrected chi connectivity index (χ2v) is 4.44. The Morgan fingerprint density at radius 3 is 2.27 bits per heavy atom. The Kier molecular flexibility index (Phi) is 2.49. The molecule has 78 valence electrons. The van der Waals surface area contributed by atoms with Crippen molar-refractivity contribution in [2.45, 2.75) is 19.4 Å². The van der Waals surface area contributed by atoms with Gasteiger partial charge in [0.2, 0.25) is 0 Å². The third-order valence-electron chi connectivity index (χ3n) is 3.10. The standard InChI is InChI=1S/C14H17N/c1-14(2,15-3)13-9-8-11-6-4-5-7-12(11)10-13/h4-10,15H,1-3H3. The van der Waals surface area contributed by atoms with Crippen LogP contribution in [0.15, 0.2) is 42.5 Å². The van der Waals surface area contributed by atoms with Crippen LogP contribution in [0.5, 0.6) is 0 Å². The summed E-state index contributed by atoms with van der Waals surface area (Å²) in [5.74, 6) is 0. The summed E-state index contributed by atoms with van der Waals surface area (Å²) in [5, 5.41) is 5.93. The molecule has 0 radical (unpaired) electrons. The van der Waals surface area contributed by atoms with Crippen LogP contribution in [0, 0.1) is 0 Å². The molecule has 0 aliphatic rings. The molecule has 1 nitrogen and oxygen atoms in total. The summed E-state index contributed by atoms with van der Waals surface area (Å²) in [7, 11) is 2.00. The van der Waals surface area contributed by atoms with Crippen molar-refractivity contribution in [1.29, 1.82) is 0 Å². The molecular formula is C14H17N. The number of benzene rings is 2. The normalized spacial score (nSPS) is 11.9. The van der Waals surface area contributed by atoms with Crippen LogP contribution < -0.4 is 5.32 Å². The summed E-state index contributed by atoms with van der Waals surface area (Å²) in [6.07, 6.45) is 0. The molecule has 0 atom stereocenters. The van der Waals surface area contributed by atoms with E-state index in [1.165, 1.54) is 16.3 Å². The Balaban J connectivity index is 2.56. The van der Waals surface area contributed by atoms with E-state index in [2.05, 4.69) is 61.6 Å². The summed E-state index contributed by atoms with van der Waals surface area (Å²) in [5.41, 5.74) is 1.35. The first-order valence-electron chi connectivity index (χ1n) is 5.32. The van der Waals surface area contributed by atoms with E-state index in [1.54, 1.807) is 0 Å². The number of hydrogen-bond donors (Lipinski definition) is 1. The number of fused-ring (bicyclic) bond motifs is 1. The van der Waals surface area contributed by atoms with Crippen LogP contribution in [0.25, 0.3) is 10.8 Å². The highest BCUT2D eigenvalue weighted by Gasteiger charge is 2.17. The monoisotopic (exact) mass is 199 g/mol. The molecule has 2 rings (SSSR count). The fourth-order valence-corrected chi connectivity index (χ4v) is 1.72. The van der Waals surface area contributed by atoms with Gasteiger partial charge in [0.15, 0.2) is 0 Å². The second-order valence-electron chi connectivity index (χ2n) is 4.44. The van der Waals surface area contributed by atoms with Crippen LogP contribution in [0.4, 0.5) is 0 Å². The van der Waals surface area contributed by atoms with E-state index in [9.17, 15) is 0 Å². The van der Waals surface area contributed by atoms with Gasteiger partial charge in [0, 0.05) is 5.54 Å². The van der Waals surface area contributed by atoms with Gasteiger partial charge < -0.3 is 5.32 Å². The van der Waals surface area contributed by atoms with E-state index < -0.39 is 0 Å². The number of hydrogen-bond acceptors (Lipinski definition) is 1. The fraction of sp³-hybridized carbons (Fsp3) is 0.286. The van der Waals surface area contributed by atoms with Crippen molar-refractivity contribution in [3.8, 4) is 0 Å². The lowest BCUT2D eigenvalue weighted by Gasteiger charge is -2.25. The van der Waals surface area contributed by atoms with Gasteiger partial charge in [0.25, 0.3) is 0 Å². The largest absolute Gasteiger partial charge is 0.311 e. The molecular weight excluding hydrogens is 182 g/mol. The van der Waals surface area contributed by atoms with Crippen molar-refractivity contribution < 1.29 is 0 Å². The summed E-state index contributed by atoms with van der Waals surface area (Å²) >= 11 is 0. The Morgan fingerprint density at radius 2 is 1.60 bits per heavy atom. The lowest BCUT2D eigenvalue weighted by atomic mass is 9.92. The van der Waals surface area contributed by atoms with Crippen molar-refractivity contribution in [3.63, 3.8) is 0 Å². The molecule has 15 heavy (non-hydrogen) atoms. The van der Waals surface area contributed by atoms with Gasteiger partial charge in [0.1, 0.15) is 0 Å². The molecule has 2 aromatic rings. The van der Waals surface area contributed by atoms with E-state index in [0.717, 1.165) is 0 Å². The smallest absolute Gasteiger partial charge is 0.0375 e. The van der Waals surface area contributed by atoms with Crippen LogP contribution >= 0.6 is 0 Å². The molecule has 1 heteroatoms. The van der Waals surface area contributed by atoms with Gasteiger partial charge >= 0.3 is 0 Å². The van der Waals surface area contributed by atoms with Crippen LogP contribution in [-0.4, -0.2) is 7.05 Å². The molecule has 2 aromatic carbocycles. The lowest BCUT2D eigenvalue weighted by Crippen LogP contribution is -2.32. The summed E-state index contributed by atoms with van der Waals surface area (Å²) in [6.45, 7) is 4.38. The number of nitrogens with one attached hydrogen (secondary N) is 1. The zero-order valence-electron chi connectivity index (χ0n) is 9.54.